The van der Waals surface area contributed by atoms with Crippen LogP contribution in [0.15, 0.2) is 36.4 Å². The molecule has 0 aromatic heterocycles. The first-order valence-corrected chi connectivity index (χ1v) is 9.10. The molecular formula is C21H22N2O6. The number of anilines is 1. The van der Waals surface area contributed by atoms with E-state index in [1.807, 2.05) is 0 Å². The van der Waals surface area contributed by atoms with Crippen LogP contribution in [0.4, 0.5) is 5.69 Å². The zero-order chi connectivity index (χ0) is 21.0. The van der Waals surface area contributed by atoms with Gasteiger partial charge in [0, 0.05) is 30.2 Å². The van der Waals surface area contributed by atoms with Crippen LogP contribution < -0.4 is 20.1 Å². The lowest BCUT2D eigenvalue weighted by atomic mass is 10.1. The minimum atomic E-state index is -1.21. The number of aromatic carboxylic acids is 1. The molecule has 1 fully saturated rings. The van der Waals surface area contributed by atoms with E-state index in [2.05, 4.69) is 10.6 Å². The highest BCUT2D eigenvalue weighted by Gasteiger charge is 2.29. The van der Waals surface area contributed by atoms with Crippen molar-refractivity contribution < 1.29 is 29.0 Å². The van der Waals surface area contributed by atoms with Gasteiger partial charge >= 0.3 is 5.97 Å². The van der Waals surface area contributed by atoms with Crippen molar-refractivity contribution in [3.05, 3.63) is 53.1 Å². The summed E-state index contributed by atoms with van der Waals surface area (Å²) in [5, 5.41) is 14.9. The Morgan fingerprint density at radius 1 is 1.03 bits per heavy atom. The van der Waals surface area contributed by atoms with Crippen molar-refractivity contribution in [2.24, 2.45) is 5.92 Å². The minimum Gasteiger partial charge on any atom is -0.493 e. The number of methoxy groups -OCH3 is 2. The standard InChI is InChI=1S/C21H22N2O6/c1-28-17-9-15(21(26)27)16(10-18(17)29-2)23-20(25)14-5-3-12(4-6-14)11-22-19(24)13-7-8-13/h3-6,9-10,13H,7-8,11H2,1-2H3,(H,22,24)(H,23,25)(H,26,27). The Morgan fingerprint density at radius 2 is 1.66 bits per heavy atom. The second-order valence-corrected chi connectivity index (χ2v) is 6.70. The summed E-state index contributed by atoms with van der Waals surface area (Å²) in [6.45, 7) is 0.399. The number of carbonyl (C=O) groups is 3. The summed E-state index contributed by atoms with van der Waals surface area (Å²) < 4.78 is 10.3. The molecule has 3 rings (SSSR count). The summed E-state index contributed by atoms with van der Waals surface area (Å²) in [4.78, 5) is 35.8. The Kier molecular flexibility index (Phi) is 6.01. The number of benzene rings is 2. The first-order valence-electron chi connectivity index (χ1n) is 9.10. The van der Waals surface area contributed by atoms with Crippen LogP contribution in [0.2, 0.25) is 0 Å². The number of amides is 2. The molecule has 0 heterocycles. The van der Waals surface area contributed by atoms with E-state index in [-0.39, 0.29) is 28.8 Å². The molecule has 0 bridgehead atoms. The van der Waals surface area contributed by atoms with Gasteiger partial charge in [0.1, 0.15) is 0 Å². The summed E-state index contributed by atoms with van der Waals surface area (Å²) in [6.07, 6.45) is 1.89. The molecule has 152 valence electrons. The molecule has 2 amide bonds. The van der Waals surface area contributed by atoms with E-state index in [9.17, 15) is 19.5 Å². The topological polar surface area (TPSA) is 114 Å². The van der Waals surface area contributed by atoms with Gasteiger partial charge < -0.3 is 25.2 Å². The van der Waals surface area contributed by atoms with Gasteiger partial charge in [0.05, 0.1) is 25.5 Å². The Balaban J connectivity index is 1.72. The molecule has 2 aromatic carbocycles. The van der Waals surface area contributed by atoms with Crippen LogP contribution in [-0.4, -0.2) is 37.1 Å². The van der Waals surface area contributed by atoms with Crippen LogP contribution in [0.25, 0.3) is 0 Å². The molecule has 0 spiro atoms. The maximum atomic E-state index is 12.6. The fraction of sp³-hybridized carbons (Fsp3) is 0.286. The van der Waals surface area contributed by atoms with Gasteiger partial charge in [-0.1, -0.05) is 12.1 Å². The Hall–Kier alpha value is -3.55. The van der Waals surface area contributed by atoms with E-state index in [0.717, 1.165) is 18.4 Å². The van der Waals surface area contributed by atoms with Gasteiger partial charge in [0.25, 0.3) is 5.91 Å². The molecule has 3 N–H and O–H groups in total. The molecule has 1 saturated carbocycles. The zero-order valence-corrected chi connectivity index (χ0v) is 16.2. The van der Waals surface area contributed by atoms with E-state index in [4.69, 9.17) is 9.47 Å². The van der Waals surface area contributed by atoms with Gasteiger partial charge in [0.2, 0.25) is 5.91 Å². The summed E-state index contributed by atoms with van der Waals surface area (Å²) >= 11 is 0. The van der Waals surface area contributed by atoms with Crippen LogP contribution >= 0.6 is 0 Å². The molecule has 0 unspecified atom stereocenters. The number of hydrogen-bond donors (Lipinski definition) is 3. The van der Waals surface area contributed by atoms with Crippen molar-refractivity contribution in [2.45, 2.75) is 19.4 Å². The van der Waals surface area contributed by atoms with Crippen molar-refractivity contribution >= 4 is 23.5 Å². The molecule has 2 aromatic rings. The van der Waals surface area contributed by atoms with Crippen LogP contribution in [0.5, 0.6) is 11.5 Å². The predicted octanol–water partition coefficient (Wildman–Crippen LogP) is 2.68. The average Bonchev–Trinajstić information content (AvgIpc) is 3.57. The van der Waals surface area contributed by atoms with Crippen molar-refractivity contribution in [3.63, 3.8) is 0 Å². The Bertz CT molecular complexity index is 935. The third-order valence-electron chi connectivity index (χ3n) is 4.63. The number of carboxylic acid groups (broad SMARTS) is 1. The van der Waals surface area contributed by atoms with Gasteiger partial charge in [0.15, 0.2) is 11.5 Å². The predicted molar refractivity (Wildman–Crippen MR) is 105 cm³/mol. The molecule has 8 heteroatoms. The quantitative estimate of drug-likeness (QED) is 0.630. The smallest absolute Gasteiger partial charge is 0.337 e. The molecule has 29 heavy (non-hydrogen) atoms. The summed E-state index contributed by atoms with van der Waals surface area (Å²) in [6, 6.07) is 9.43. The summed E-state index contributed by atoms with van der Waals surface area (Å²) in [5.74, 6) is -0.919. The monoisotopic (exact) mass is 398 g/mol. The van der Waals surface area contributed by atoms with Gasteiger partial charge in [-0.15, -0.1) is 0 Å². The molecule has 1 aliphatic rings. The molecule has 0 saturated heterocycles. The molecule has 0 aliphatic heterocycles. The largest absolute Gasteiger partial charge is 0.493 e. The van der Waals surface area contributed by atoms with E-state index >= 15 is 0 Å². The number of nitrogens with one attached hydrogen (secondary N) is 2. The van der Waals surface area contributed by atoms with Crippen molar-refractivity contribution in [1.82, 2.24) is 5.32 Å². The van der Waals surface area contributed by atoms with Crippen molar-refractivity contribution in [3.8, 4) is 11.5 Å². The first kappa shape index (κ1) is 20.2. The first-order chi connectivity index (χ1) is 13.9. The lowest BCUT2D eigenvalue weighted by Gasteiger charge is -2.14. The average molecular weight is 398 g/mol. The number of carbonyl (C=O) groups excluding carboxylic acids is 2. The van der Waals surface area contributed by atoms with E-state index in [1.165, 1.54) is 26.4 Å². The highest BCUT2D eigenvalue weighted by atomic mass is 16.5. The minimum absolute atomic E-state index is 0.0569. The lowest BCUT2D eigenvalue weighted by Crippen LogP contribution is -2.24. The number of ether oxygens (including phenoxy) is 2. The molecule has 0 radical (unpaired) electrons. The Morgan fingerprint density at radius 3 is 2.21 bits per heavy atom. The second kappa shape index (κ2) is 8.64. The van der Waals surface area contributed by atoms with Crippen LogP contribution in [0.1, 0.15) is 39.1 Å². The summed E-state index contributed by atoms with van der Waals surface area (Å²) in [7, 11) is 2.82. The van der Waals surface area contributed by atoms with Crippen LogP contribution in [0, 0.1) is 5.92 Å². The maximum Gasteiger partial charge on any atom is 0.337 e. The van der Waals surface area contributed by atoms with Gasteiger partial charge in [-0.3, -0.25) is 9.59 Å². The van der Waals surface area contributed by atoms with Crippen LogP contribution in [-0.2, 0) is 11.3 Å². The fourth-order valence-corrected chi connectivity index (χ4v) is 2.81. The number of rotatable bonds is 8. The lowest BCUT2D eigenvalue weighted by molar-refractivity contribution is -0.122. The zero-order valence-electron chi connectivity index (χ0n) is 16.2. The maximum absolute atomic E-state index is 12.6. The normalized spacial score (nSPS) is 12.8. The van der Waals surface area contributed by atoms with E-state index < -0.39 is 11.9 Å². The second-order valence-electron chi connectivity index (χ2n) is 6.70. The van der Waals surface area contributed by atoms with E-state index in [0.29, 0.717) is 17.9 Å². The molecule has 1 aliphatic carbocycles. The molecule has 8 nitrogen and oxygen atoms in total. The van der Waals surface area contributed by atoms with Gasteiger partial charge in [-0.25, -0.2) is 4.79 Å². The highest BCUT2D eigenvalue weighted by molar-refractivity contribution is 6.08. The third-order valence-corrected chi connectivity index (χ3v) is 4.63. The number of carboxylic acids is 1. The van der Waals surface area contributed by atoms with Gasteiger partial charge in [-0.2, -0.15) is 0 Å². The number of hydrogen-bond acceptors (Lipinski definition) is 5. The fourth-order valence-electron chi connectivity index (χ4n) is 2.81. The van der Waals surface area contributed by atoms with Crippen molar-refractivity contribution in [1.29, 1.82) is 0 Å². The molecule has 0 atom stereocenters. The molecular weight excluding hydrogens is 376 g/mol. The van der Waals surface area contributed by atoms with Crippen LogP contribution in [0.3, 0.4) is 0 Å². The SMILES string of the molecule is COc1cc(NC(=O)c2ccc(CNC(=O)C3CC3)cc2)c(C(=O)O)cc1OC. The highest BCUT2D eigenvalue weighted by Crippen LogP contribution is 2.33. The van der Waals surface area contributed by atoms with Gasteiger partial charge in [-0.05, 0) is 30.5 Å². The van der Waals surface area contributed by atoms with Crippen molar-refractivity contribution in [2.75, 3.05) is 19.5 Å². The Labute approximate surface area is 167 Å². The third kappa shape index (κ3) is 4.84. The summed E-state index contributed by atoms with van der Waals surface area (Å²) in [5.41, 5.74) is 1.21. The van der Waals surface area contributed by atoms with E-state index in [1.54, 1.807) is 24.3 Å².